The summed E-state index contributed by atoms with van der Waals surface area (Å²) in [6, 6.07) is -3.61. The van der Waals surface area contributed by atoms with Crippen molar-refractivity contribution in [2.24, 2.45) is 39.8 Å². The van der Waals surface area contributed by atoms with Crippen molar-refractivity contribution in [3.05, 3.63) is 0 Å². The van der Waals surface area contributed by atoms with E-state index in [4.69, 9.17) is 22.9 Å². The lowest BCUT2D eigenvalue weighted by Gasteiger charge is -2.26. The van der Waals surface area contributed by atoms with Gasteiger partial charge < -0.3 is 44.0 Å². The average molecular weight is 893 g/mol. The molecule has 12 N–H and O–H groups in total. The molecule has 18 nitrogen and oxygen atoms in total. The van der Waals surface area contributed by atoms with Gasteiger partial charge in [0.05, 0.1) is 30.1 Å². The molecule has 360 valence electrons. The number of rotatable bonds is 40. The number of guanidine groups is 1. The number of carbonyl (C=O) groups is 9. The summed E-state index contributed by atoms with van der Waals surface area (Å²) in [5.74, 6) is -8.34. The third-order valence-electron chi connectivity index (χ3n) is 11.0. The molecule has 0 aliphatic rings. The predicted octanol–water partition coefficient (Wildman–Crippen LogP) is 3.00. The molecule has 0 radical (unpaired) electrons. The Morgan fingerprint density at radius 1 is 0.540 bits per heavy atom. The minimum atomic E-state index is -1.41. The number of carbonyl (C=O) groups excluding carboxylic acids is 9. The van der Waals surface area contributed by atoms with Gasteiger partial charge in [-0.05, 0) is 46.0 Å². The van der Waals surface area contributed by atoms with Crippen LogP contribution in [0.2, 0.25) is 0 Å². The first kappa shape index (κ1) is 58.3. The van der Waals surface area contributed by atoms with Gasteiger partial charge in [-0.1, -0.05) is 90.9 Å². The van der Waals surface area contributed by atoms with Crippen molar-refractivity contribution in [1.82, 2.24) is 16.0 Å². The highest BCUT2D eigenvalue weighted by Crippen LogP contribution is 2.20. The van der Waals surface area contributed by atoms with Gasteiger partial charge in [-0.2, -0.15) is 0 Å². The molecule has 18 heteroatoms. The number of Topliss-reactive ketones (excluding diaryl/α,β-unsaturated/α-hetero) is 4. The fraction of sp³-hybridized carbons (Fsp3) is 0.778. The van der Waals surface area contributed by atoms with Crippen molar-refractivity contribution in [3.8, 4) is 0 Å². The Balaban J connectivity index is 5.82. The summed E-state index contributed by atoms with van der Waals surface area (Å²) in [7, 11) is 0. The van der Waals surface area contributed by atoms with E-state index in [0.717, 1.165) is 25.7 Å². The van der Waals surface area contributed by atoms with Crippen LogP contribution < -0.4 is 38.9 Å². The molecule has 0 aromatic carbocycles. The van der Waals surface area contributed by atoms with Gasteiger partial charge in [0.15, 0.2) is 23.3 Å². The van der Waals surface area contributed by atoms with Gasteiger partial charge >= 0.3 is 0 Å². The van der Waals surface area contributed by atoms with Gasteiger partial charge in [-0.15, -0.1) is 0 Å². The lowest BCUT2D eigenvalue weighted by atomic mass is 9.89. The molecular formula is C45H80N8O10. The second-order valence-electron chi connectivity index (χ2n) is 16.8. The quantitative estimate of drug-likeness (QED) is 0.0250. The van der Waals surface area contributed by atoms with Crippen molar-refractivity contribution in [3.63, 3.8) is 0 Å². The summed E-state index contributed by atoms with van der Waals surface area (Å²) in [6.07, 6.45) is 11.6. The summed E-state index contributed by atoms with van der Waals surface area (Å²) < 4.78 is 0. The summed E-state index contributed by atoms with van der Waals surface area (Å²) in [6.45, 7) is 6.42. The monoisotopic (exact) mass is 893 g/mol. The number of nitrogens with one attached hydrogen (secondary N) is 3. The van der Waals surface area contributed by atoms with E-state index < -0.39 is 90.0 Å². The van der Waals surface area contributed by atoms with Crippen molar-refractivity contribution in [2.45, 2.75) is 206 Å². The smallest absolute Gasteiger partial charge is 0.226 e. The van der Waals surface area contributed by atoms with Crippen LogP contribution in [0.25, 0.3) is 0 Å². The van der Waals surface area contributed by atoms with Crippen LogP contribution in [-0.4, -0.2) is 94.5 Å². The van der Waals surface area contributed by atoms with Gasteiger partial charge in [-0.25, -0.2) is 0 Å². The van der Waals surface area contributed by atoms with Crippen molar-refractivity contribution < 1.29 is 48.3 Å². The lowest BCUT2D eigenvalue weighted by Crippen LogP contribution is -2.49. The zero-order chi connectivity index (χ0) is 47.7. The number of aliphatic hydroxyl groups is 1. The van der Waals surface area contributed by atoms with Crippen LogP contribution in [-0.2, 0) is 43.2 Å². The first-order chi connectivity index (χ1) is 29.8. The topological polar surface area (TPSA) is 326 Å². The number of aliphatic imine (C=N–C) groups is 1. The zero-order valence-corrected chi connectivity index (χ0v) is 38.5. The minimum absolute atomic E-state index is 0.0345. The van der Waals surface area contributed by atoms with Gasteiger partial charge in [0.2, 0.25) is 29.5 Å². The first-order valence-corrected chi connectivity index (χ1v) is 23.1. The molecule has 63 heavy (non-hydrogen) atoms. The van der Waals surface area contributed by atoms with Crippen LogP contribution in [0, 0.1) is 11.8 Å². The molecule has 5 amide bonds. The van der Waals surface area contributed by atoms with E-state index in [2.05, 4.69) is 27.9 Å². The molecule has 6 atom stereocenters. The molecule has 0 aliphatic heterocycles. The molecule has 0 bridgehead atoms. The summed E-state index contributed by atoms with van der Waals surface area (Å²) in [5, 5.41) is 18.5. The maximum absolute atomic E-state index is 13.9. The van der Waals surface area contributed by atoms with E-state index in [1.54, 1.807) is 6.92 Å². The number of aliphatic hydroxyl groups excluding tert-OH is 1. The molecule has 0 spiro atoms. The molecule has 0 fully saturated rings. The second kappa shape index (κ2) is 34.7. The summed E-state index contributed by atoms with van der Waals surface area (Å²) in [5.41, 5.74) is 21.5. The Hall–Kier alpha value is -4.74. The third kappa shape index (κ3) is 29.3. The van der Waals surface area contributed by atoms with Crippen molar-refractivity contribution >= 4 is 58.6 Å². The Bertz CT molecular complexity index is 1480. The molecule has 0 saturated carbocycles. The van der Waals surface area contributed by atoms with E-state index in [0.29, 0.717) is 6.42 Å². The number of unbranched alkanes of at least 4 members (excludes halogenated alkanes) is 12. The highest BCUT2D eigenvalue weighted by Gasteiger charge is 2.35. The fourth-order valence-electron chi connectivity index (χ4n) is 7.20. The second-order valence-corrected chi connectivity index (χ2v) is 16.8. The molecule has 0 aliphatic carbocycles. The van der Waals surface area contributed by atoms with Crippen LogP contribution in [0.1, 0.15) is 182 Å². The number of nitrogens with two attached hydrogens (primary N) is 4. The van der Waals surface area contributed by atoms with E-state index in [1.807, 2.05) is 0 Å². The first-order valence-electron chi connectivity index (χ1n) is 23.1. The van der Waals surface area contributed by atoms with E-state index in [1.165, 1.54) is 65.2 Å². The third-order valence-corrected chi connectivity index (χ3v) is 11.0. The van der Waals surface area contributed by atoms with Gasteiger partial charge in [0.1, 0.15) is 5.78 Å². The highest BCUT2D eigenvalue weighted by molar-refractivity contribution is 5.98. The molecule has 0 saturated heterocycles. The highest BCUT2D eigenvalue weighted by atomic mass is 16.3. The van der Waals surface area contributed by atoms with Crippen molar-refractivity contribution in [2.75, 3.05) is 6.54 Å². The molecular weight excluding hydrogens is 813 g/mol. The van der Waals surface area contributed by atoms with Crippen LogP contribution in [0.5, 0.6) is 0 Å². The molecule has 0 aromatic heterocycles. The van der Waals surface area contributed by atoms with Gasteiger partial charge in [-0.3, -0.25) is 48.1 Å². The average Bonchev–Trinajstić information content (AvgIpc) is 3.21. The standard InChI is InChI=1S/C45H80N8O10/c1-5-7-8-9-10-11-12-13-14-15-16-17-18-21-42(61)51-36(27-30(3)54)39(58)29-33(31(4)55)44(63)53-34(20-19-26-50-45(48)49)38(57)28-32(22-24-40(46)59)43(62)52-35(37(56)6-2)23-25-41(47)60/h31-36,55H,5-29H2,1-4H3,(H2,46,59)(H2,47,60)(H,51,61)(H,52,62)(H,53,63)(H4,48,49,50)/t31-,32-,33+,34+,35+,36+/m1/s1. The van der Waals surface area contributed by atoms with Crippen LogP contribution >= 0.6 is 0 Å². The number of hydrogen-bond donors (Lipinski definition) is 8. The van der Waals surface area contributed by atoms with E-state index in [-0.39, 0.29) is 81.9 Å². The number of amides is 5. The summed E-state index contributed by atoms with van der Waals surface area (Å²) in [4.78, 5) is 120. The molecule has 0 heterocycles. The van der Waals surface area contributed by atoms with Gasteiger partial charge in [0, 0.05) is 57.4 Å². The largest absolute Gasteiger partial charge is 0.393 e. The summed E-state index contributed by atoms with van der Waals surface area (Å²) >= 11 is 0. The van der Waals surface area contributed by atoms with Crippen molar-refractivity contribution in [1.29, 1.82) is 0 Å². The van der Waals surface area contributed by atoms with Crippen LogP contribution in [0.3, 0.4) is 0 Å². The molecule has 0 unspecified atom stereocenters. The molecule has 0 aromatic rings. The predicted molar refractivity (Wildman–Crippen MR) is 241 cm³/mol. The maximum Gasteiger partial charge on any atom is 0.226 e. The minimum Gasteiger partial charge on any atom is -0.393 e. The van der Waals surface area contributed by atoms with Gasteiger partial charge in [0.25, 0.3) is 0 Å². The lowest BCUT2D eigenvalue weighted by molar-refractivity contribution is -0.137. The number of hydrogen-bond acceptors (Lipinski definition) is 11. The van der Waals surface area contributed by atoms with Crippen LogP contribution in [0.15, 0.2) is 4.99 Å². The maximum atomic E-state index is 13.9. The SMILES string of the molecule is CCCCCCCCCCCCCCCC(=O)N[C@@H](CC(C)=O)C(=O)C[C@H](C(=O)N[C@@H](CCCN=C(N)N)C(=O)C[C@@H](CCC(N)=O)C(=O)N[C@@H](CCC(N)=O)C(=O)CC)[C@@H](C)O. The Morgan fingerprint density at radius 3 is 1.52 bits per heavy atom. The number of ketones is 4. The normalized spacial score (nSPS) is 13.9. The van der Waals surface area contributed by atoms with E-state index in [9.17, 15) is 48.3 Å². The Labute approximate surface area is 374 Å². The number of nitrogens with zero attached hydrogens (tertiary/aromatic N) is 1. The van der Waals surface area contributed by atoms with Crippen LogP contribution in [0.4, 0.5) is 0 Å². The molecule has 0 rings (SSSR count). The fourth-order valence-corrected chi connectivity index (χ4v) is 7.20. The Morgan fingerprint density at radius 2 is 1.03 bits per heavy atom. The zero-order valence-electron chi connectivity index (χ0n) is 38.5. The number of primary amides is 2. The Kier molecular flexibility index (Phi) is 32.1. The van der Waals surface area contributed by atoms with E-state index >= 15 is 0 Å².